The summed E-state index contributed by atoms with van der Waals surface area (Å²) in [6.07, 6.45) is 3.11. The Labute approximate surface area is 126 Å². The molecular weight excluding hydrogens is 290 g/mol. The van der Waals surface area contributed by atoms with Crippen LogP contribution in [0.25, 0.3) is 0 Å². The number of aliphatic carboxylic acids is 1. The van der Waals surface area contributed by atoms with E-state index in [2.05, 4.69) is 4.72 Å². The van der Waals surface area contributed by atoms with Crippen LogP contribution >= 0.6 is 0 Å². The van der Waals surface area contributed by atoms with Crippen LogP contribution in [-0.2, 0) is 14.8 Å². The minimum Gasteiger partial charge on any atom is -0.481 e. The molecule has 0 saturated heterocycles. The summed E-state index contributed by atoms with van der Waals surface area (Å²) in [5.41, 5.74) is 0.971. The van der Waals surface area contributed by atoms with E-state index in [1.807, 2.05) is 13.8 Å². The lowest BCUT2D eigenvalue weighted by Gasteiger charge is -2.17. The fraction of sp³-hybridized carbons (Fsp3) is 0.533. The van der Waals surface area contributed by atoms with Crippen molar-refractivity contribution >= 4 is 16.0 Å². The third kappa shape index (κ3) is 6.27. The predicted octanol–water partition coefficient (Wildman–Crippen LogP) is 2.70. The molecule has 0 amide bonds. The molecule has 2 N–H and O–H groups in total. The molecule has 0 saturated carbocycles. The highest BCUT2D eigenvalue weighted by Crippen LogP contribution is 2.14. The molecule has 1 aromatic carbocycles. The molecule has 0 radical (unpaired) electrons. The zero-order valence-corrected chi connectivity index (χ0v) is 13.3. The molecule has 6 heteroatoms. The van der Waals surface area contributed by atoms with E-state index in [4.69, 9.17) is 5.11 Å². The van der Waals surface area contributed by atoms with Gasteiger partial charge >= 0.3 is 5.97 Å². The van der Waals surface area contributed by atoms with Gasteiger partial charge in [-0.15, -0.1) is 0 Å². The molecular formula is C15H23NO4S. The first-order valence-electron chi connectivity index (χ1n) is 7.16. The molecule has 0 unspecified atom stereocenters. The lowest BCUT2D eigenvalue weighted by molar-refractivity contribution is -0.137. The van der Waals surface area contributed by atoms with Crippen LogP contribution in [0.4, 0.5) is 0 Å². The molecule has 1 rings (SSSR count). The first kappa shape index (κ1) is 17.7. The molecule has 1 atom stereocenters. The molecule has 0 aliphatic heterocycles. The van der Waals surface area contributed by atoms with Crippen LogP contribution < -0.4 is 4.72 Å². The maximum Gasteiger partial charge on any atom is 0.304 e. The van der Waals surface area contributed by atoms with Gasteiger partial charge in [-0.25, -0.2) is 13.1 Å². The van der Waals surface area contributed by atoms with Crippen LogP contribution in [0.15, 0.2) is 29.2 Å². The van der Waals surface area contributed by atoms with Gasteiger partial charge in [-0.1, -0.05) is 43.9 Å². The fourth-order valence-corrected chi connectivity index (χ4v) is 3.33. The van der Waals surface area contributed by atoms with Crippen LogP contribution in [0.2, 0.25) is 0 Å². The summed E-state index contributed by atoms with van der Waals surface area (Å²) in [7, 11) is -3.67. The van der Waals surface area contributed by atoms with Crippen LogP contribution in [0.3, 0.4) is 0 Å². The number of benzene rings is 1. The lowest BCUT2D eigenvalue weighted by Crippen LogP contribution is -2.36. The number of sulfonamides is 1. The highest BCUT2D eigenvalue weighted by atomic mass is 32.2. The molecule has 5 nitrogen and oxygen atoms in total. The minimum absolute atomic E-state index is 0.166. The number of carbonyl (C=O) groups is 1. The van der Waals surface area contributed by atoms with Crippen molar-refractivity contribution in [3.8, 4) is 0 Å². The number of hydrogen-bond donors (Lipinski definition) is 2. The van der Waals surface area contributed by atoms with Gasteiger partial charge in [-0.2, -0.15) is 0 Å². The normalized spacial score (nSPS) is 13.0. The monoisotopic (exact) mass is 313 g/mol. The molecule has 0 aliphatic rings. The van der Waals surface area contributed by atoms with Gasteiger partial charge < -0.3 is 5.11 Å². The molecule has 0 aromatic heterocycles. The maximum absolute atomic E-state index is 12.3. The van der Waals surface area contributed by atoms with Crippen molar-refractivity contribution in [3.05, 3.63) is 29.8 Å². The standard InChI is InChI=1S/C15H23NO4S/c1-3-4-5-6-13(11-15(17)18)16-21(19,20)14-9-7-12(2)8-10-14/h7-10,13,16H,3-6,11H2,1-2H3,(H,17,18)/t13-/m0/s1. The summed E-state index contributed by atoms with van der Waals surface area (Å²) in [6.45, 7) is 3.92. The van der Waals surface area contributed by atoms with Crippen molar-refractivity contribution in [1.29, 1.82) is 0 Å². The Hall–Kier alpha value is -1.40. The van der Waals surface area contributed by atoms with Crippen LogP contribution in [0, 0.1) is 6.92 Å². The summed E-state index contributed by atoms with van der Waals surface area (Å²) in [5.74, 6) is -0.997. The Kier molecular flexibility index (Phi) is 6.84. The predicted molar refractivity (Wildman–Crippen MR) is 81.7 cm³/mol. The van der Waals surface area contributed by atoms with E-state index in [-0.39, 0.29) is 11.3 Å². The number of rotatable bonds is 9. The Bertz CT molecular complexity index is 552. The van der Waals surface area contributed by atoms with E-state index in [0.29, 0.717) is 6.42 Å². The fourth-order valence-electron chi connectivity index (χ4n) is 2.06. The van der Waals surface area contributed by atoms with Gasteiger partial charge in [0, 0.05) is 6.04 Å². The molecule has 0 aliphatic carbocycles. The van der Waals surface area contributed by atoms with Crippen LogP contribution in [-0.4, -0.2) is 25.5 Å². The van der Waals surface area contributed by atoms with E-state index in [1.165, 1.54) is 12.1 Å². The zero-order chi connectivity index (χ0) is 15.9. The third-order valence-electron chi connectivity index (χ3n) is 3.23. The number of aryl methyl sites for hydroxylation is 1. The summed E-state index contributed by atoms with van der Waals surface area (Å²) in [5, 5.41) is 8.91. The summed E-state index contributed by atoms with van der Waals surface area (Å²) in [4.78, 5) is 11.0. The van der Waals surface area contributed by atoms with Gasteiger partial charge in [0.1, 0.15) is 0 Å². The maximum atomic E-state index is 12.3. The van der Waals surface area contributed by atoms with Gasteiger partial charge in [0.25, 0.3) is 0 Å². The number of carboxylic acids is 1. The highest BCUT2D eigenvalue weighted by Gasteiger charge is 2.21. The van der Waals surface area contributed by atoms with E-state index < -0.39 is 22.0 Å². The second-order valence-electron chi connectivity index (χ2n) is 5.22. The molecule has 0 fully saturated rings. The van der Waals surface area contributed by atoms with Crippen molar-refractivity contribution < 1.29 is 18.3 Å². The van der Waals surface area contributed by atoms with E-state index in [1.54, 1.807) is 12.1 Å². The molecule has 0 spiro atoms. The number of nitrogens with one attached hydrogen (secondary N) is 1. The summed E-state index contributed by atoms with van der Waals surface area (Å²) >= 11 is 0. The van der Waals surface area contributed by atoms with Crippen molar-refractivity contribution in [2.75, 3.05) is 0 Å². The Morgan fingerprint density at radius 1 is 1.24 bits per heavy atom. The van der Waals surface area contributed by atoms with Crippen molar-refractivity contribution in [2.45, 2.75) is 56.9 Å². The highest BCUT2D eigenvalue weighted by molar-refractivity contribution is 7.89. The van der Waals surface area contributed by atoms with Crippen molar-refractivity contribution in [2.24, 2.45) is 0 Å². The van der Waals surface area contributed by atoms with Crippen molar-refractivity contribution in [3.63, 3.8) is 0 Å². The molecule has 0 bridgehead atoms. The van der Waals surface area contributed by atoms with E-state index in [9.17, 15) is 13.2 Å². The lowest BCUT2D eigenvalue weighted by atomic mass is 10.1. The van der Waals surface area contributed by atoms with Gasteiger partial charge in [0.05, 0.1) is 11.3 Å². The second-order valence-corrected chi connectivity index (χ2v) is 6.94. The zero-order valence-electron chi connectivity index (χ0n) is 12.5. The first-order valence-corrected chi connectivity index (χ1v) is 8.64. The molecule has 1 aromatic rings. The minimum atomic E-state index is -3.67. The topological polar surface area (TPSA) is 83.5 Å². The van der Waals surface area contributed by atoms with Crippen LogP contribution in [0.5, 0.6) is 0 Å². The first-order chi connectivity index (χ1) is 9.85. The average Bonchev–Trinajstić information content (AvgIpc) is 2.38. The quantitative estimate of drug-likeness (QED) is 0.687. The smallest absolute Gasteiger partial charge is 0.304 e. The number of carboxylic acid groups (broad SMARTS) is 1. The van der Waals surface area contributed by atoms with E-state index >= 15 is 0 Å². The third-order valence-corrected chi connectivity index (χ3v) is 4.77. The van der Waals surface area contributed by atoms with Gasteiger partial charge in [-0.05, 0) is 25.5 Å². The Morgan fingerprint density at radius 3 is 2.38 bits per heavy atom. The van der Waals surface area contributed by atoms with Gasteiger partial charge in [0.2, 0.25) is 10.0 Å². The van der Waals surface area contributed by atoms with Crippen molar-refractivity contribution in [1.82, 2.24) is 4.72 Å². The summed E-state index contributed by atoms with van der Waals surface area (Å²) < 4.78 is 27.0. The van der Waals surface area contributed by atoms with E-state index in [0.717, 1.165) is 24.8 Å². The van der Waals surface area contributed by atoms with Crippen LogP contribution in [0.1, 0.15) is 44.6 Å². The van der Waals surface area contributed by atoms with Gasteiger partial charge in [-0.3, -0.25) is 4.79 Å². The average molecular weight is 313 g/mol. The largest absolute Gasteiger partial charge is 0.481 e. The molecule has 21 heavy (non-hydrogen) atoms. The van der Waals surface area contributed by atoms with Gasteiger partial charge in [0.15, 0.2) is 0 Å². The summed E-state index contributed by atoms with van der Waals surface area (Å²) in [6, 6.07) is 5.93. The number of hydrogen-bond acceptors (Lipinski definition) is 3. The second kappa shape index (κ2) is 8.14. The molecule has 0 heterocycles. The Balaban J connectivity index is 2.79. The SMILES string of the molecule is CCCCC[C@@H](CC(=O)O)NS(=O)(=O)c1ccc(C)cc1. The Morgan fingerprint density at radius 2 is 1.86 bits per heavy atom. The number of unbranched alkanes of at least 4 members (excludes halogenated alkanes) is 2. The molecule has 118 valence electrons.